The molecule has 0 spiro atoms. The van der Waals surface area contributed by atoms with Crippen molar-refractivity contribution in [2.24, 2.45) is 0 Å². The van der Waals surface area contributed by atoms with Gasteiger partial charge in [-0.25, -0.2) is 0 Å². The molecule has 0 heterocycles. The van der Waals surface area contributed by atoms with Crippen LogP contribution in [-0.2, 0) is 16.5 Å². The molecule has 0 fully saturated rings. The first kappa shape index (κ1) is 24.1. The van der Waals surface area contributed by atoms with Crippen LogP contribution in [0.2, 0.25) is 0 Å². The third kappa shape index (κ3) is 7.00. The van der Waals surface area contributed by atoms with Gasteiger partial charge in [0, 0.05) is 6.42 Å². The number of rotatable bonds is 10. The summed E-state index contributed by atoms with van der Waals surface area (Å²) >= 11 is 0. The fraction of sp³-hybridized carbons (Fsp3) is 0.182. The lowest BCUT2D eigenvalue weighted by Crippen LogP contribution is -2.44. The first-order valence-corrected chi connectivity index (χ1v) is 12.8. The van der Waals surface area contributed by atoms with Gasteiger partial charge < -0.3 is 24.2 Å². The summed E-state index contributed by atoms with van der Waals surface area (Å²) < 4.78 is 43.2. The molecule has 0 radical (unpaired) electrons. The van der Waals surface area contributed by atoms with Gasteiger partial charge in [0.15, 0.2) is 16.5 Å². The minimum atomic E-state index is -5.49. The molecule has 0 aliphatic heterocycles. The molecular formula is C22H21O8PS-2. The van der Waals surface area contributed by atoms with Gasteiger partial charge in [-0.15, -0.1) is 7.94 Å². The summed E-state index contributed by atoms with van der Waals surface area (Å²) in [5.41, 5.74) is 0.740. The molecule has 10 heteroatoms. The number of aryl methyl sites for hydroxylation is 1. The van der Waals surface area contributed by atoms with Crippen LogP contribution in [0.3, 0.4) is 0 Å². The average molecular weight is 476 g/mol. The van der Waals surface area contributed by atoms with Crippen LogP contribution in [0.5, 0.6) is 23.0 Å². The van der Waals surface area contributed by atoms with E-state index in [1.165, 1.54) is 0 Å². The predicted molar refractivity (Wildman–Crippen MR) is 115 cm³/mol. The fourth-order valence-corrected chi connectivity index (χ4v) is 5.35. The summed E-state index contributed by atoms with van der Waals surface area (Å²) in [6.45, 7) is 0. The van der Waals surface area contributed by atoms with Crippen molar-refractivity contribution in [2.75, 3.05) is 0 Å². The molecule has 0 saturated carbocycles. The van der Waals surface area contributed by atoms with Crippen LogP contribution in [0.4, 0.5) is 0 Å². The van der Waals surface area contributed by atoms with Gasteiger partial charge in [0.05, 0.1) is 0 Å². The zero-order chi connectivity index (χ0) is 23.2. The SMILES string of the molecule is O=S(=O)(O)C(CCCc1cccc(Oc2ccccc2Oc2ccccc2)c1)[P+]([O-])([O-])[O-]. The van der Waals surface area contributed by atoms with Crippen molar-refractivity contribution in [3.05, 3.63) is 84.4 Å². The maximum Gasteiger partial charge on any atom is 0.301 e. The van der Waals surface area contributed by atoms with Gasteiger partial charge in [0.25, 0.3) is 0 Å². The Morgan fingerprint density at radius 2 is 1.38 bits per heavy atom. The Kier molecular flexibility index (Phi) is 7.84. The molecule has 0 bridgehead atoms. The Morgan fingerprint density at radius 3 is 1.97 bits per heavy atom. The summed E-state index contributed by atoms with van der Waals surface area (Å²) in [6, 6.07) is 23.3. The van der Waals surface area contributed by atoms with Crippen LogP contribution in [0.15, 0.2) is 78.9 Å². The lowest BCUT2D eigenvalue weighted by atomic mass is 10.1. The molecule has 8 nitrogen and oxygen atoms in total. The molecule has 170 valence electrons. The molecule has 0 saturated heterocycles. The minimum Gasteiger partial charge on any atom is -0.687 e. The summed E-state index contributed by atoms with van der Waals surface area (Å²) in [5, 5.41) is 0. The van der Waals surface area contributed by atoms with Crippen molar-refractivity contribution in [3.63, 3.8) is 0 Å². The minimum absolute atomic E-state index is 0.0656. The molecule has 3 aromatic carbocycles. The van der Waals surface area contributed by atoms with E-state index in [-0.39, 0.29) is 12.8 Å². The first-order chi connectivity index (χ1) is 15.1. The second-order valence-electron chi connectivity index (χ2n) is 7.01. The summed E-state index contributed by atoms with van der Waals surface area (Å²) in [7, 11) is -10.5. The lowest BCUT2D eigenvalue weighted by Gasteiger charge is -2.46. The Morgan fingerprint density at radius 1 is 0.812 bits per heavy atom. The highest BCUT2D eigenvalue weighted by molar-refractivity contribution is 7.94. The highest BCUT2D eigenvalue weighted by atomic mass is 32.2. The number of ether oxygens (including phenoxy) is 2. The van der Waals surface area contributed by atoms with Crippen molar-refractivity contribution < 1.29 is 37.1 Å². The maximum absolute atomic E-state index is 11.2. The highest BCUT2D eigenvalue weighted by Crippen LogP contribution is 2.41. The van der Waals surface area contributed by atoms with Crippen molar-refractivity contribution >= 4 is 18.1 Å². The smallest absolute Gasteiger partial charge is 0.301 e. The van der Waals surface area contributed by atoms with E-state index < -0.39 is 29.5 Å². The monoisotopic (exact) mass is 476 g/mol. The van der Waals surface area contributed by atoms with Crippen LogP contribution in [0, 0.1) is 0 Å². The molecule has 0 aromatic heterocycles. The topological polar surface area (TPSA) is 142 Å². The van der Waals surface area contributed by atoms with Gasteiger partial charge in [0.2, 0.25) is 0 Å². The number of para-hydroxylation sites is 3. The van der Waals surface area contributed by atoms with Crippen molar-refractivity contribution in [1.29, 1.82) is 0 Å². The number of hydrogen-bond donors (Lipinski definition) is 1. The highest BCUT2D eigenvalue weighted by Gasteiger charge is 2.30. The molecule has 32 heavy (non-hydrogen) atoms. The van der Waals surface area contributed by atoms with E-state index in [0.29, 0.717) is 23.0 Å². The zero-order valence-corrected chi connectivity index (χ0v) is 18.6. The van der Waals surface area contributed by atoms with Gasteiger partial charge in [0.1, 0.15) is 11.5 Å². The summed E-state index contributed by atoms with van der Waals surface area (Å²) in [5.74, 6) is 2.15. The molecular weight excluding hydrogens is 455 g/mol. The van der Waals surface area contributed by atoms with Crippen LogP contribution < -0.4 is 24.2 Å². The number of hydrogen-bond acceptors (Lipinski definition) is 7. The second kappa shape index (κ2) is 10.4. The van der Waals surface area contributed by atoms with Crippen LogP contribution in [0.1, 0.15) is 18.4 Å². The van der Waals surface area contributed by atoms with Crippen molar-refractivity contribution in [1.82, 2.24) is 0 Å². The van der Waals surface area contributed by atoms with Gasteiger partial charge in [-0.1, -0.05) is 42.5 Å². The van der Waals surface area contributed by atoms with Crippen LogP contribution in [-0.4, -0.2) is 18.0 Å². The average Bonchev–Trinajstić information content (AvgIpc) is 2.72. The molecule has 3 rings (SSSR count). The fourth-order valence-electron chi connectivity index (χ4n) is 3.08. The third-order valence-electron chi connectivity index (χ3n) is 4.56. The normalized spacial score (nSPS) is 12.9. The summed E-state index contributed by atoms with van der Waals surface area (Å²) in [6.07, 6.45) is -0.149. The molecule has 0 amide bonds. The van der Waals surface area contributed by atoms with Crippen LogP contribution >= 0.6 is 7.94 Å². The van der Waals surface area contributed by atoms with E-state index >= 15 is 0 Å². The molecule has 1 unspecified atom stereocenters. The quantitative estimate of drug-likeness (QED) is 0.348. The molecule has 1 N–H and O–H groups in total. The number of benzene rings is 3. The van der Waals surface area contributed by atoms with Gasteiger partial charge in [-0.2, -0.15) is 8.42 Å². The van der Waals surface area contributed by atoms with E-state index in [1.807, 2.05) is 36.4 Å². The Hall–Kier alpha value is -2.52. The molecule has 3 aromatic rings. The lowest BCUT2D eigenvalue weighted by molar-refractivity contribution is -0.428. The van der Waals surface area contributed by atoms with Gasteiger partial charge in [-0.3, -0.25) is 4.55 Å². The molecule has 1 atom stereocenters. The largest absolute Gasteiger partial charge is 0.687 e. The van der Waals surface area contributed by atoms with E-state index in [0.717, 1.165) is 5.56 Å². The van der Waals surface area contributed by atoms with Gasteiger partial charge >= 0.3 is 10.1 Å². The maximum atomic E-state index is 11.2. The van der Waals surface area contributed by atoms with E-state index in [1.54, 1.807) is 42.5 Å². The Bertz CT molecular complexity index is 1130. The third-order valence-corrected chi connectivity index (χ3v) is 8.02. The van der Waals surface area contributed by atoms with E-state index in [4.69, 9.17) is 14.0 Å². The van der Waals surface area contributed by atoms with E-state index in [2.05, 4.69) is 0 Å². The van der Waals surface area contributed by atoms with E-state index in [9.17, 15) is 23.1 Å². The predicted octanol–water partition coefficient (Wildman–Crippen LogP) is 2.65. The van der Waals surface area contributed by atoms with Crippen LogP contribution in [0.25, 0.3) is 0 Å². The standard InChI is InChI=1S/C22H23O8PS/c23-31(24,25)22(32(26,27)28)15-7-9-17-8-6-12-19(16-17)30-21-14-5-4-13-20(21)29-18-10-2-1-3-11-18/h1-6,8,10-14,16,22H,7,9,15H2,(H2,23,24,25)(H,26,27,28)/p-2. The Balaban J connectivity index is 1.67. The summed E-state index contributed by atoms with van der Waals surface area (Å²) in [4.78, 5) is 31.1. The first-order valence-electron chi connectivity index (χ1n) is 9.70. The Labute approximate surface area is 187 Å². The second-order valence-corrected chi connectivity index (χ2v) is 10.7. The zero-order valence-electron chi connectivity index (χ0n) is 16.9. The molecule has 0 aliphatic carbocycles. The molecule has 0 aliphatic rings. The van der Waals surface area contributed by atoms with Crippen molar-refractivity contribution in [2.45, 2.75) is 24.3 Å². The van der Waals surface area contributed by atoms with Gasteiger partial charge in [-0.05, 0) is 54.8 Å². The van der Waals surface area contributed by atoms with Crippen molar-refractivity contribution in [3.8, 4) is 23.0 Å².